The van der Waals surface area contributed by atoms with E-state index in [0.717, 1.165) is 0 Å². The van der Waals surface area contributed by atoms with Crippen molar-refractivity contribution in [3.63, 3.8) is 0 Å². The molecular formula is C14H16N2O2. The molecular weight excluding hydrogens is 228 g/mol. The van der Waals surface area contributed by atoms with E-state index in [2.05, 4.69) is 5.32 Å². The van der Waals surface area contributed by atoms with Crippen LogP contribution >= 0.6 is 0 Å². The van der Waals surface area contributed by atoms with Crippen molar-refractivity contribution in [2.24, 2.45) is 5.92 Å². The van der Waals surface area contributed by atoms with E-state index in [0.29, 0.717) is 23.8 Å². The van der Waals surface area contributed by atoms with Crippen LogP contribution in [0.5, 0.6) is 0 Å². The first kappa shape index (κ1) is 12.6. The molecule has 1 aliphatic carbocycles. The van der Waals surface area contributed by atoms with Gasteiger partial charge in [0.2, 0.25) is 0 Å². The first-order valence-electron chi connectivity index (χ1n) is 6.11. The van der Waals surface area contributed by atoms with E-state index < -0.39 is 6.10 Å². The van der Waals surface area contributed by atoms with Crippen LogP contribution in [0.25, 0.3) is 0 Å². The fourth-order valence-corrected chi connectivity index (χ4v) is 1.51. The standard InChI is InChI=1S/C14H16N2O2/c1-10(18-9-12-2-3-12)14(17)16-13-6-4-11(8-15)5-7-13/h4-7,10,12H,2-3,9H2,1H3,(H,16,17). The maximum atomic E-state index is 11.8. The van der Waals surface area contributed by atoms with E-state index in [-0.39, 0.29) is 5.91 Å². The summed E-state index contributed by atoms with van der Waals surface area (Å²) in [6.45, 7) is 2.42. The van der Waals surface area contributed by atoms with Crippen molar-refractivity contribution in [3.8, 4) is 6.07 Å². The zero-order chi connectivity index (χ0) is 13.0. The fraction of sp³-hybridized carbons (Fsp3) is 0.429. The predicted octanol–water partition coefficient (Wildman–Crippen LogP) is 2.31. The Hall–Kier alpha value is -1.86. The third-order valence-electron chi connectivity index (χ3n) is 2.93. The van der Waals surface area contributed by atoms with Gasteiger partial charge in [-0.15, -0.1) is 0 Å². The minimum atomic E-state index is -0.443. The molecule has 1 fully saturated rings. The predicted molar refractivity (Wildman–Crippen MR) is 67.9 cm³/mol. The summed E-state index contributed by atoms with van der Waals surface area (Å²) >= 11 is 0. The Kier molecular flexibility index (Phi) is 3.96. The summed E-state index contributed by atoms with van der Waals surface area (Å²) in [6, 6.07) is 8.80. The van der Waals surface area contributed by atoms with Gasteiger partial charge >= 0.3 is 0 Å². The Bertz CT molecular complexity index is 458. The summed E-state index contributed by atoms with van der Waals surface area (Å²) in [4.78, 5) is 11.8. The molecule has 0 radical (unpaired) electrons. The van der Waals surface area contributed by atoms with Gasteiger partial charge in [-0.1, -0.05) is 0 Å². The average molecular weight is 244 g/mol. The van der Waals surface area contributed by atoms with Crippen LogP contribution in [0.4, 0.5) is 5.69 Å². The summed E-state index contributed by atoms with van der Waals surface area (Å²) in [7, 11) is 0. The molecule has 1 N–H and O–H groups in total. The van der Waals surface area contributed by atoms with Crippen LogP contribution in [0.3, 0.4) is 0 Å². The molecule has 0 spiro atoms. The van der Waals surface area contributed by atoms with Crippen molar-refractivity contribution in [1.82, 2.24) is 0 Å². The van der Waals surface area contributed by atoms with E-state index in [9.17, 15) is 4.79 Å². The van der Waals surface area contributed by atoms with Crippen LogP contribution in [0.2, 0.25) is 0 Å². The third-order valence-corrected chi connectivity index (χ3v) is 2.93. The van der Waals surface area contributed by atoms with Gasteiger partial charge in [0, 0.05) is 5.69 Å². The number of benzene rings is 1. The van der Waals surface area contributed by atoms with Gasteiger partial charge in [0.25, 0.3) is 5.91 Å². The number of hydrogen-bond acceptors (Lipinski definition) is 3. The molecule has 4 heteroatoms. The smallest absolute Gasteiger partial charge is 0.253 e. The molecule has 0 heterocycles. The molecule has 1 amide bonds. The highest BCUT2D eigenvalue weighted by Crippen LogP contribution is 2.29. The van der Waals surface area contributed by atoms with Gasteiger partial charge in [-0.25, -0.2) is 0 Å². The van der Waals surface area contributed by atoms with Gasteiger partial charge < -0.3 is 10.1 Å². The number of nitrogens with one attached hydrogen (secondary N) is 1. The highest BCUT2D eigenvalue weighted by molar-refractivity contribution is 5.93. The molecule has 0 saturated heterocycles. The Morgan fingerprint density at radius 3 is 2.72 bits per heavy atom. The Balaban J connectivity index is 1.82. The van der Waals surface area contributed by atoms with Crippen LogP contribution < -0.4 is 5.32 Å². The lowest BCUT2D eigenvalue weighted by Gasteiger charge is -2.13. The Morgan fingerprint density at radius 2 is 2.17 bits per heavy atom. The van der Waals surface area contributed by atoms with Gasteiger partial charge in [-0.3, -0.25) is 4.79 Å². The largest absolute Gasteiger partial charge is 0.368 e. The Morgan fingerprint density at radius 1 is 1.50 bits per heavy atom. The molecule has 1 atom stereocenters. The lowest BCUT2D eigenvalue weighted by Crippen LogP contribution is -2.28. The molecule has 0 aromatic heterocycles. The molecule has 1 aliphatic rings. The number of nitriles is 1. The summed E-state index contributed by atoms with van der Waals surface area (Å²) in [6.07, 6.45) is 1.98. The second-order valence-electron chi connectivity index (χ2n) is 4.60. The number of carbonyl (C=O) groups excluding carboxylic acids is 1. The van der Waals surface area contributed by atoms with Crippen molar-refractivity contribution < 1.29 is 9.53 Å². The number of nitrogens with zero attached hydrogens (tertiary/aromatic N) is 1. The van der Waals surface area contributed by atoms with Crippen molar-refractivity contribution in [2.75, 3.05) is 11.9 Å². The van der Waals surface area contributed by atoms with Crippen molar-refractivity contribution >= 4 is 11.6 Å². The van der Waals surface area contributed by atoms with E-state index in [1.165, 1.54) is 12.8 Å². The normalized spacial score (nSPS) is 15.8. The van der Waals surface area contributed by atoms with Crippen molar-refractivity contribution in [1.29, 1.82) is 5.26 Å². The van der Waals surface area contributed by atoms with E-state index in [4.69, 9.17) is 10.00 Å². The number of rotatable bonds is 5. The van der Waals surface area contributed by atoms with Gasteiger partial charge in [0.1, 0.15) is 6.10 Å². The number of hydrogen-bond donors (Lipinski definition) is 1. The number of carbonyl (C=O) groups is 1. The topological polar surface area (TPSA) is 62.1 Å². The van der Waals surface area contributed by atoms with Crippen molar-refractivity contribution in [3.05, 3.63) is 29.8 Å². The van der Waals surface area contributed by atoms with Crippen molar-refractivity contribution in [2.45, 2.75) is 25.9 Å². The van der Waals surface area contributed by atoms with E-state index in [1.54, 1.807) is 31.2 Å². The summed E-state index contributed by atoms with van der Waals surface area (Å²) in [5.41, 5.74) is 1.26. The fourth-order valence-electron chi connectivity index (χ4n) is 1.51. The molecule has 94 valence electrons. The third kappa shape index (κ3) is 3.57. The van der Waals surface area contributed by atoms with Crippen LogP contribution in [-0.4, -0.2) is 18.6 Å². The zero-order valence-electron chi connectivity index (χ0n) is 10.3. The molecule has 1 aromatic rings. The maximum absolute atomic E-state index is 11.8. The van der Waals surface area contributed by atoms with Crippen LogP contribution in [0.1, 0.15) is 25.3 Å². The Labute approximate surface area is 107 Å². The number of anilines is 1. The molecule has 1 saturated carbocycles. The molecule has 0 bridgehead atoms. The first-order valence-corrected chi connectivity index (χ1v) is 6.11. The van der Waals surface area contributed by atoms with E-state index >= 15 is 0 Å². The summed E-state index contributed by atoms with van der Waals surface area (Å²) in [5.74, 6) is 0.496. The lowest BCUT2D eigenvalue weighted by molar-refractivity contribution is -0.126. The summed E-state index contributed by atoms with van der Waals surface area (Å²) in [5, 5.41) is 11.4. The molecule has 18 heavy (non-hydrogen) atoms. The van der Waals surface area contributed by atoms with Gasteiger partial charge in [-0.05, 0) is 49.9 Å². The maximum Gasteiger partial charge on any atom is 0.253 e. The van der Waals surface area contributed by atoms with Gasteiger partial charge in [0.15, 0.2) is 0 Å². The highest BCUT2D eigenvalue weighted by atomic mass is 16.5. The molecule has 1 unspecified atom stereocenters. The van der Waals surface area contributed by atoms with Crippen LogP contribution in [-0.2, 0) is 9.53 Å². The van der Waals surface area contributed by atoms with Crippen LogP contribution in [0, 0.1) is 17.2 Å². The van der Waals surface area contributed by atoms with E-state index in [1.807, 2.05) is 6.07 Å². The lowest BCUT2D eigenvalue weighted by atomic mass is 10.2. The second-order valence-corrected chi connectivity index (χ2v) is 4.60. The number of ether oxygens (including phenoxy) is 1. The zero-order valence-corrected chi connectivity index (χ0v) is 10.3. The average Bonchev–Trinajstić information content (AvgIpc) is 3.21. The van der Waals surface area contributed by atoms with Gasteiger partial charge in [0.05, 0.1) is 18.2 Å². The monoisotopic (exact) mass is 244 g/mol. The van der Waals surface area contributed by atoms with Crippen LogP contribution in [0.15, 0.2) is 24.3 Å². The first-order chi connectivity index (χ1) is 8.69. The SMILES string of the molecule is CC(OCC1CC1)C(=O)Nc1ccc(C#N)cc1. The molecule has 1 aromatic carbocycles. The number of amides is 1. The minimum Gasteiger partial charge on any atom is -0.368 e. The summed E-state index contributed by atoms with van der Waals surface area (Å²) < 4.78 is 5.48. The molecule has 0 aliphatic heterocycles. The molecule has 4 nitrogen and oxygen atoms in total. The highest BCUT2D eigenvalue weighted by Gasteiger charge is 2.24. The van der Waals surface area contributed by atoms with Gasteiger partial charge in [-0.2, -0.15) is 5.26 Å². The quantitative estimate of drug-likeness (QED) is 0.864. The molecule has 2 rings (SSSR count). The second kappa shape index (κ2) is 5.65. The minimum absolute atomic E-state index is 0.152.